The number of hydrogen-bond acceptors (Lipinski definition) is 3. The smallest absolute Gasteiger partial charge is 0.0634 e. The van der Waals surface area contributed by atoms with E-state index in [1.165, 1.54) is 16.8 Å². The molecule has 1 rings (SSSR count). The van der Waals surface area contributed by atoms with Gasteiger partial charge in [0.1, 0.15) is 0 Å². The lowest BCUT2D eigenvalue weighted by Crippen LogP contribution is -2.37. The summed E-state index contributed by atoms with van der Waals surface area (Å²) in [4.78, 5) is 0. The summed E-state index contributed by atoms with van der Waals surface area (Å²) in [6.07, 6.45) is 7.28. The van der Waals surface area contributed by atoms with Gasteiger partial charge < -0.3 is 5.43 Å². The molecular formula is C27H50N4. The first-order valence-electron chi connectivity index (χ1n) is 11.9. The topological polar surface area (TPSA) is 53.1 Å². The molecule has 1 atom stereocenters. The summed E-state index contributed by atoms with van der Waals surface area (Å²) in [6.45, 7) is 29.4. The van der Waals surface area contributed by atoms with Gasteiger partial charge in [-0.15, -0.1) is 0 Å². The van der Waals surface area contributed by atoms with Crippen molar-refractivity contribution in [1.29, 1.82) is 0 Å². The Balaban J connectivity index is 3.18. The Morgan fingerprint density at radius 3 is 2.10 bits per heavy atom. The van der Waals surface area contributed by atoms with Gasteiger partial charge in [-0.25, -0.2) is 0 Å². The minimum atomic E-state index is -0.0298. The molecule has 0 radical (unpaired) electrons. The second-order valence-corrected chi connectivity index (χ2v) is 13.1. The van der Waals surface area contributed by atoms with Crippen LogP contribution in [0.3, 0.4) is 0 Å². The summed E-state index contributed by atoms with van der Waals surface area (Å²) in [5, 5.41) is 12.6. The zero-order valence-corrected chi connectivity index (χ0v) is 22.7. The molecule has 2 N–H and O–H groups in total. The molecule has 1 unspecified atom stereocenters. The van der Waals surface area contributed by atoms with Crippen LogP contribution in [-0.2, 0) is 10.8 Å². The van der Waals surface area contributed by atoms with E-state index in [0.29, 0.717) is 6.04 Å². The summed E-state index contributed by atoms with van der Waals surface area (Å²) >= 11 is 0. The Labute approximate surface area is 192 Å². The zero-order chi connectivity index (χ0) is 24.3. The van der Waals surface area contributed by atoms with E-state index in [4.69, 9.17) is 5.10 Å². The fourth-order valence-electron chi connectivity index (χ4n) is 3.82. The number of rotatable bonds is 8. The summed E-state index contributed by atoms with van der Waals surface area (Å²) < 4.78 is 0. The summed E-state index contributed by atoms with van der Waals surface area (Å²) in [5.41, 5.74) is 8.84. The van der Waals surface area contributed by atoms with Crippen LogP contribution in [0.15, 0.2) is 22.9 Å². The maximum absolute atomic E-state index is 4.95. The minimum absolute atomic E-state index is 0.0298. The Morgan fingerprint density at radius 2 is 1.65 bits per heavy atom. The molecule has 1 aromatic heterocycles. The maximum Gasteiger partial charge on any atom is 0.0634 e. The second-order valence-electron chi connectivity index (χ2n) is 13.1. The Morgan fingerprint density at radius 1 is 1.06 bits per heavy atom. The third kappa shape index (κ3) is 8.46. The van der Waals surface area contributed by atoms with Gasteiger partial charge in [-0.2, -0.15) is 10.2 Å². The Hall–Kier alpha value is -1.58. The average Bonchev–Trinajstić information content (AvgIpc) is 3.08. The molecule has 0 bridgehead atoms. The van der Waals surface area contributed by atoms with E-state index in [0.717, 1.165) is 25.0 Å². The van der Waals surface area contributed by atoms with Gasteiger partial charge in [0.2, 0.25) is 0 Å². The molecule has 0 aliphatic rings. The van der Waals surface area contributed by atoms with Gasteiger partial charge in [-0.3, -0.25) is 5.10 Å². The number of aromatic amines is 1. The number of hydrazone groups is 1. The molecule has 0 aliphatic heterocycles. The third-order valence-electron chi connectivity index (χ3n) is 6.00. The predicted molar refractivity (Wildman–Crippen MR) is 137 cm³/mol. The van der Waals surface area contributed by atoms with Crippen LogP contribution in [-0.4, -0.2) is 22.0 Å². The molecule has 4 nitrogen and oxygen atoms in total. The lowest BCUT2D eigenvalue weighted by molar-refractivity contribution is 0.264. The number of aromatic nitrogens is 2. The highest BCUT2D eigenvalue weighted by molar-refractivity contribution is 5.99. The van der Waals surface area contributed by atoms with E-state index in [2.05, 4.69) is 112 Å². The lowest BCUT2D eigenvalue weighted by atomic mass is 9.76. The van der Waals surface area contributed by atoms with Gasteiger partial charge in [-0.1, -0.05) is 89.2 Å². The number of H-pyrrole nitrogens is 1. The SMILES string of the molecule is CCC(N/N=C(CC(C)(C)C)/C(C)=C\CC(C)(C)c1[nH]ncc1C(C)(C)C)C(C)(C)C. The van der Waals surface area contributed by atoms with E-state index in [-0.39, 0.29) is 21.7 Å². The highest BCUT2D eigenvalue weighted by Crippen LogP contribution is 2.35. The molecule has 0 amide bonds. The fraction of sp³-hybridized carbons (Fsp3) is 0.778. The van der Waals surface area contributed by atoms with Crippen molar-refractivity contribution in [3.8, 4) is 0 Å². The lowest BCUT2D eigenvalue weighted by Gasteiger charge is -2.30. The number of hydrogen-bond donors (Lipinski definition) is 2. The van der Waals surface area contributed by atoms with Crippen LogP contribution in [0, 0.1) is 10.8 Å². The Kier molecular flexibility index (Phi) is 8.78. The normalized spacial score (nSPS) is 15.9. The number of allylic oxidation sites excluding steroid dienone is 2. The van der Waals surface area contributed by atoms with E-state index in [1.54, 1.807) is 0 Å². The fourth-order valence-corrected chi connectivity index (χ4v) is 3.82. The average molecular weight is 431 g/mol. The molecule has 1 aromatic rings. The first kappa shape index (κ1) is 27.5. The standard InChI is InChI=1S/C27H50N4/c1-14-22(26(9,10)11)30-29-21(17-24(3,4)5)19(2)15-16-27(12,13)23-20(18-28-31-23)25(6,7)8/h15,18,22,30H,14,16-17H2,1-13H3,(H,28,31)/b19-15-,29-21+. The predicted octanol–water partition coefficient (Wildman–Crippen LogP) is 7.53. The van der Waals surface area contributed by atoms with E-state index in [1.807, 2.05) is 6.20 Å². The number of nitrogens with zero attached hydrogens (tertiary/aromatic N) is 2. The molecular weight excluding hydrogens is 380 g/mol. The van der Waals surface area contributed by atoms with Crippen LogP contribution in [0.5, 0.6) is 0 Å². The van der Waals surface area contributed by atoms with Gasteiger partial charge in [0.15, 0.2) is 0 Å². The molecule has 1 heterocycles. The second kappa shape index (κ2) is 9.92. The molecule has 0 fully saturated rings. The van der Waals surface area contributed by atoms with Crippen molar-refractivity contribution in [2.45, 2.75) is 126 Å². The highest BCUT2D eigenvalue weighted by Gasteiger charge is 2.30. The van der Waals surface area contributed by atoms with Gasteiger partial charge in [0.05, 0.1) is 11.9 Å². The van der Waals surface area contributed by atoms with E-state index >= 15 is 0 Å². The van der Waals surface area contributed by atoms with Crippen LogP contribution in [0.2, 0.25) is 0 Å². The molecule has 0 aliphatic carbocycles. The van der Waals surface area contributed by atoms with Crippen molar-refractivity contribution in [3.63, 3.8) is 0 Å². The minimum Gasteiger partial charge on any atom is -0.306 e. The molecule has 0 spiro atoms. The molecule has 31 heavy (non-hydrogen) atoms. The van der Waals surface area contributed by atoms with Crippen LogP contribution in [0.1, 0.15) is 121 Å². The van der Waals surface area contributed by atoms with Crippen molar-refractivity contribution < 1.29 is 0 Å². The quantitative estimate of drug-likeness (QED) is 0.331. The summed E-state index contributed by atoms with van der Waals surface area (Å²) in [6, 6.07) is 0.353. The summed E-state index contributed by atoms with van der Waals surface area (Å²) in [5.74, 6) is 0. The van der Waals surface area contributed by atoms with Gasteiger partial charge in [-0.05, 0) is 53.6 Å². The molecule has 4 heteroatoms. The first-order valence-corrected chi connectivity index (χ1v) is 11.9. The van der Waals surface area contributed by atoms with Crippen LogP contribution < -0.4 is 5.43 Å². The van der Waals surface area contributed by atoms with Crippen molar-refractivity contribution in [3.05, 3.63) is 29.1 Å². The van der Waals surface area contributed by atoms with Crippen LogP contribution in [0.4, 0.5) is 0 Å². The zero-order valence-electron chi connectivity index (χ0n) is 22.7. The third-order valence-corrected chi connectivity index (χ3v) is 6.00. The van der Waals surface area contributed by atoms with E-state index in [9.17, 15) is 0 Å². The highest BCUT2D eigenvalue weighted by atomic mass is 15.3. The first-order chi connectivity index (χ1) is 13.9. The van der Waals surface area contributed by atoms with Crippen molar-refractivity contribution in [2.75, 3.05) is 0 Å². The van der Waals surface area contributed by atoms with Gasteiger partial charge >= 0.3 is 0 Å². The van der Waals surface area contributed by atoms with E-state index < -0.39 is 0 Å². The molecule has 0 saturated carbocycles. The van der Waals surface area contributed by atoms with Crippen LogP contribution >= 0.6 is 0 Å². The van der Waals surface area contributed by atoms with Crippen molar-refractivity contribution in [1.82, 2.24) is 15.6 Å². The largest absolute Gasteiger partial charge is 0.306 e. The van der Waals surface area contributed by atoms with Gasteiger partial charge in [0, 0.05) is 17.2 Å². The molecule has 0 aromatic carbocycles. The molecule has 178 valence electrons. The maximum atomic E-state index is 4.95. The number of nitrogens with one attached hydrogen (secondary N) is 2. The van der Waals surface area contributed by atoms with Crippen molar-refractivity contribution in [2.24, 2.45) is 15.9 Å². The monoisotopic (exact) mass is 430 g/mol. The Bertz CT molecular complexity index is 758. The van der Waals surface area contributed by atoms with Crippen LogP contribution in [0.25, 0.3) is 0 Å². The van der Waals surface area contributed by atoms with Gasteiger partial charge in [0.25, 0.3) is 0 Å². The van der Waals surface area contributed by atoms with Crippen molar-refractivity contribution >= 4 is 5.71 Å². The molecule has 0 saturated heterocycles. The summed E-state index contributed by atoms with van der Waals surface area (Å²) in [7, 11) is 0.